The van der Waals surface area contributed by atoms with Crippen LogP contribution in [0.15, 0.2) is 12.1 Å². The van der Waals surface area contributed by atoms with E-state index in [1.807, 2.05) is 0 Å². The van der Waals surface area contributed by atoms with Crippen LogP contribution in [0.1, 0.15) is 115 Å². The van der Waals surface area contributed by atoms with Crippen molar-refractivity contribution in [3.8, 4) is 45.6 Å². The van der Waals surface area contributed by atoms with Crippen LogP contribution in [0.25, 0.3) is 32.7 Å². The number of carboxylic acid groups (broad SMARTS) is 1. The Hall–Kier alpha value is -4.99. The Morgan fingerprint density at radius 1 is 0.652 bits per heavy atom. The van der Waals surface area contributed by atoms with Gasteiger partial charge in [-0.1, -0.05) is 59.6 Å². The van der Waals surface area contributed by atoms with Gasteiger partial charge in [0.05, 0.1) is 11.1 Å². The van der Waals surface area contributed by atoms with Crippen LogP contribution in [0.3, 0.4) is 0 Å². The van der Waals surface area contributed by atoms with E-state index in [2.05, 4.69) is 6.92 Å². The standard InChI is InChI=1S/C30H30O8.C6H12O2/c1-11(2)19-15-7-13(5)21(27(35)23(15)17(9-31)25(33)29(19)37)22-14(6)8-16-20(12(3)4)30(38)26(34)18(10-32)24(16)28(22)36;1-2-3-4-5-6(7)8/h7-12,33-38H,1-6H3;2-5H2,1H3,(H,7,8). The molecule has 0 spiro atoms. The van der Waals surface area contributed by atoms with Gasteiger partial charge in [0, 0.05) is 39.4 Å². The third-order valence-electron chi connectivity index (χ3n) is 8.22. The number of aldehydes is 2. The van der Waals surface area contributed by atoms with Gasteiger partial charge in [0.1, 0.15) is 11.5 Å². The average Bonchev–Trinajstić information content (AvgIpc) is 2.97. The minimum absolute atomic E-state index is 0.00512. The number of benzene rings is 4. The van der Waals surface area contributed by atoms with Crippen molar-refractivity contribution in [2.75, 3.05) is 0 Å². The van der Waals surface area contributed by atoms with Crippen molar-refractivity contribution >= 4 is 40.1 Å². The lowest BCUT2D eigenvalue weighted by Crippen LogP contribution is -2.01. The second-order valence-corrected chi connectivity index (χ2v) is 12.1. The summed E-state index contributed by atoms with van der Waals surface area (Å²) in [4.78, 5) is 33.9. The molecule has 7 N–H and O–H groups in total. The third-order valence-corrected chi connectivity index (χ3v) is 8.22. The van der Waals surface area contributed by atoms with E-state index in [1.54, 1.807) is 53.7 Å². The first-order valence-electron chi connectivity index (χ1n) is 15.2. The molecule has 0 aliphatic rings. The van der Waals surface area contributed by atoms with Crippen LogP contribution in [-0.2, 0) is 4.79 Å². The molecule has 10 heteroatoms. The van der Waals surface area contributed by atoms with Gasteiger partial charge in [0.15, 0.2) is 35.6 Å². The molecule has 0 radical (unpaired) electrons. The largest absolute Gasteiger partial charge is 0.507 e. The number of fused-ring (bicyclic) bond motifs is 2. The first-order chi connectivity index (χ1) is 21.6. The van der Waals surface area contributed by atoms with Gasteiger partial charge in [-0.2, -0.15) is 0 Å². The van der Waals surface area contributed by atoms with Crippen molar-refractivity contribution < 1.29 is 50.1 Å². The van der Waals surface area contributed by atoms with Gasteiger partial charge in [0.25, 0.3) is 0 Å². The number of hydrogen-bond acceptors (Lipinski definition) is 9. The van der Waals surface area contributed by atoms with E-state index in [9.17, 15) is 45.0 Å². The molecule has 0 saturated carbocycles. The van der Waals surface area contributed by atoms with Crippen molar-refractivity contribution in [2.24, 2.45) is 0 Å². The molecule has 0 fully saturated rings. The van der Waals surface area contributed by atoms with Gasteiger partial charge in [-0.05, 0) is 54.0 Å². The second kappa shape index (κ2) is 14.0. The van der Waals surface area contributed by atoms with Gasteiger partial charge in [-0.25, -0.2) is 0 Å². The summed E-state index contributed by atoms with van der Waals surface area (Å²) in [6.45, 7) is 12.6. The number of unbranched alkanes of at least 4 members (excludes halogenated alkanes) is 2. The molecule has 4 aromatic rings. The van der Waals surface area contributed by atoms with Gasteiger partial charge in [-0.15, -0.1) is 0 Å². The van der Waals surface area contributed by atoms with Gasteiger partial charge < -0.3 is 35.7 Å². The number of carbonyl (C=O) groups excluding carboxylic acids is 2. The summed E-state index contributed by atoms with van der Waals surface area (Å²) in [5, 5.41) is 74.5. The number of aliphatic carboxylic acids is 1. The Morgan fingerprint density at radius 3 is 1.30 bits per heavy atom. The Balaban J connectivity index is 0.000000637. The minimum Gasteiger partial charge on any atom is -0.507 e. The van der Waals surface area contributed by atoms with Crippen molar-refractivity contribution in [2.45, 2.75) is 86.0 Å². The number of carbonyl (C=O) groups is 3. The molecule has 0 saturated heterocycles. The number of hydrogen-bond donors (Lipinski definition) is 7. The van der Waals surface area contributed by atoms with Gasteiger partial charge in [0.2, 0.25) is 0 Å². The van der Waals surface area contributed by atoms with E-state index in [-0.39, 0.29) is 44.9 Å². The fourth-order valence-electron chi connectivity index (χ4n) is 6.13. The zero-order valence-corrected chi connectivity index (χ0v) is 27.1. The molecule has 246 valence electrons. The highest BCUT2D eigenvalue weighted by Gasteiger charge is 2.29. The summed E-state index contributed by atoms with van der Waals surface area (Å²) >= 11 is 0. The van der Waals surface area contributed by atoms with Crippen molar-refractivity contribution in [3.63, 3.8) is 0 Å². The smallest absolute Gasteiger partial charge is 0.303 e. The summed E-state index contributed by atoms with van der Waals surface area (Å²) in [6.07, 6.45) is 3.96. The summed E-state index contributed by atoms with van der Waals surface area (Å²) in [5.41, 5.74) is 1.33. The molecule has 0 aliphatic heterocycles. The summed E-state index contributed by atoms with van der Waals surface area (Å²) in [5.74, 6) is -4.25. The lowest BCUT2D eigenvalue weighted by molar-refractivity contribution is -0.137. The zero-order valence-electron chi connectivity index (χ0n) is 27.1. The Morgan fingerprint density at radius 2 is 1.02 bits per heavy atom. The molecule has 46 heavy (non-hydrogen) atoms. The Labute approximate surface area is 267 Å². The number of aromatic hydroxyl groups is 6. The highest BCUT2D eigenvalue weighted by molar-refractivity contribution is 6.14. The molecule has 0 bridgehead atoms. The highest BCUT2D eigenvalue weighted by atomic mass is 16.4. The number of phenolic OH excluding ortho intramolecular Hbond substituents is 6. The predicted molar refractivity (Wildman–Crippen MR) is 177 cm³/mol. The summed E-state index contributed by atoms with van der Waals surface area (Å²) in [6, 6.07) is 3.31. The maximum atomic E-state index is 12.0. The van der Waals surface area contributed by atoms with Crippen LogP contribution >= 0.6 is 0 Å². The van der Waals surface area contributed by atoms with Crippen molar-refractivity contribution in [1.29, 1.82) is 0 Å². The summed E-state index contributed by atoms with van der Waals surface area (Å²) < 4.78 is 0. The fraction of sp³-hybridized carbons (Fsp3) is 0.361. The van der Waals surface area contributed by atoms with Crippen LogP contribution in [-0.4, -0.2) is 54.3 Å². The Kier molecular flexibility index (Phi) is 10.8. The van der Waals surface area contributed by atoms with Gasteiger partial charge >= 0.3 is 5.97 Å². The van der Waals surface area contributed by atoms with Gasteiger partial charge in [-0.3, -0.25) is 14.4 Å². The van der Waals surface area contributed by atoms with E-state index in [1.165, 1.54) is 0 Å². The number of aryl methyl sites for hydroxylation is 2. The average molecular weight is 635 g/mol. The molecule has 10 nitrogen and oxygen atoms in total. The second-order valence-electron chi connectivity index (χ2n) is 12.1. The first-order valence-corrected chi connectivity index (χ1v) is 15.2. The van der Waals surface area contributed by atoms with Crippen LogP contribution in [0.2, 0.25) is 0 Å². The van der Waals surface area contributed by atoms with Crippen molar-refractivity contribution in [3.05, 3.63) is 45.5 Å². The zero-order chi connectivity index (χ0) is 34.8. The monoisotopic (exact) mass is 634 g/mol. The molecule has 0 aliphatic carbocycles. The molecule has 0 unspecified atom stereocenters. The molecular weight excluding hydrogens is 592 g/mol. The normalized spacial score (nSPS) is 11.2. The van der Waals surface area contributed by atoms with Crippen LogP contribution in [0.5, 0.6) is 34.5 Å². The highest BCUT2D eigenvalue weighted by Crippen LogP contribution is 2.54. The minimum atomic E-state index is -0.682. The van der Waals surface area contributed by atoms with Crippen LogP contribution < -0.4 is 0 Å². The number of carboxylic acids is 1. The molecule has 4 aromatic carbocycles. The topological polar surface area (TPSA) is 193 Å². The lowest BCUT2D eigenvalue weighted by atomic mass is 9.83. The molecule has 0 amide bonds. The van der Waals surface area contributed by atoms with E-state index in [4.69, 9.17) is 5.11 Å². The SMILES string of the molecule is CCCCCC(=O)O.Cc1cc2c(C(C)C)c(O)c(O)c(C=O)c2c(O)c1-c1c(C)cc2c(C(C)C)c(O)c(O)c(C=O)c2c1O. The molecule has 0 aromatic heterocycles. The van der Waals surface area contributed by atoms with Crippen molar-refractivity contribution in [1.82, 2.24) is 0 Å². The Bertz CT molecular complexity index is 1730. The van der Waals surface area contributed by atoms with Crippen LogP contribution in [0.4, 0.5) is 0 Å². The molecule has 4 rings (SSSR count). The third kappa shape index (κ3) is 6.11. The fourth-order valence-corrected chi connectivity index (χ4v) is 6.13. The molecule has 0 atom stereocenters. The maximum absolute atomic E-state index is 12.0. The molecule has 0 heterocycles. The van der Waals surface area contributed by atoms with E-state index in [0.29, 0.717) is 52.0 Å². The molecular formula is C36H42O10. The summed E-state index contributed by atoms with van der Waals surface area (Å²) in [7, 11) is 0. The first kappa shape index (κ1) is 35.5. The number of rotatable bonds is 9. The van der Waals surface area contributed by atoms with E-state index < -0.39 is 40.5 Å². The quantitative estimate of drug-likeness (QED) is 0.0538. The predicted octanol–water partition coefficient (Wildman–Crippen LogP) is 8.03. The number of phenols is 6. The van der Waals surface area contributed by atoms with E-state index in [0.717, 1.165) is 19.3 Å². The van der Waals surface area contributed by atoms with Crippen LogP contribution in [0, 0.1) is 13.8 Å². The maximum Gasteiger partial charge on any atom is 0.303 e. The lowest BCUT2D eigenvalue weighted by Gasteiger charge is -2.23. The van der Waals surface area contributed by atoms with E-state index >= 15 is 0 Å².